The van der Waals surface area contributed by atoms with Crippen LogP contribution in [0.5, 0.6) is 0 Å². The molecule has 1 aliphatic rings. The van der Waals surface area contributed by atoms with Gasteiger partial charge in [-0.05, 0) is 49.4 Å². The van der Waals surface area contributed by atoms with E-state index >= 15 is 0 Å². The zero-order chi connectivity index (χ0) is 13.4. The van der Waals surface area contributed by atoms with Crippen molar-refractivity contribution in [2.45, 2.75) is 85.0 Å². The van der Waals surface area contributed by atoms with Crippen LogP contribution in [0, 0.1) is 17.3 Å². The first kappa shape index (κ1) is 16.0. The van der Waals surface area contributed by atoms with Gasteiger partial charge in [0.25, 0.3) is 0 Å². The second kappa shape index (κ2) is 8.19. The third-order valence-corrected chi connectivity index (χ3v) is 5.34. The maximum atomic E-state index is 9.84. The summed E-state index contributed by atoms with van der Waals surface area (Å²) in [7, 11) is 0. The molecule has 1 saturated carbocycles. The van der Waals surface area contributed by atoms with Crippen molar-refractivity contribution in [1.29, 1.82) is 0 Å². The fourth-order valence-corrected chi connectivity index (χ4v) is 3.69. The zero-order valence-electron chi connectivity index (χ0n) is 12.9. The van der Waals surface area contributed by atoms with Crippen molar-refractivity contribution < 1.29 is 5.11 Å². The smallest absolute Gasteiger partial charge is 0.0487 e. The van der Waals surface area contributed by atoms with Crippen LogP contribution in [0.15, 0.2) is 0 Å². The molecular formula is C17H34O. The molecule has 0 aliphatic heterocycles. The van der Waals surface area contributed by atoms with Crippen LogP contribution in [0.2, 0.25) is 0 Å². The fourth-order valence-electron chi connectivity index (χ4n) is 3.69. The Morgan fingerprint density at radius 3 is 2.17 bits per heavy atom. The zero-order valence-corrected chi connectivity index (χ0v) is 12.9. The average Bonchev–Trinajstić information content (AvgIpc) is 2.44. The molecule has 1 heteroatoms. The van der Waals surface area contributed by atoms with Gasteiger partial charge >= 0.3 is 0 Å². The molecule has 0 amide bonds. The monoisotopic (exact) mass is 254 g/mol. The first-order chi connectivity index (χ1) is 8.69. The summed E-state index contributed by atoms with van der Waals surface area (Å²) in [5, 5.41) is 9.84. The van der Waals surface area contributed by atoms with Gasteiger partial charge in [0.15, 0.2) is 0 Å². The van der Waals surface area contributed by atoms with E-state index in [1.165, 1.54) is 64.2 Å². The largest absolute Gasteiger partial charge is 0.396 e. The average molecular weight is 254 g/mol. The molecule has 1 aliphatic carbocycles. The lowest BCUT2D eigenvalue weighted by molar-refractivity contribution is 0.0375. The highest BCUT2D eigenvalue weighted by molar-refractivity contribution is 4.86. The summed E-state index contributed by atoms with van der Waals surface area (Å²) in [5.41, 5.74) is 0.277. The van der Waals surface area contributed by atoms with Gasteiger partial charge < -0.3 is 5.11 Å². The Balaban J connectivity index is 2.43. The van der Waals surface area contributed by atoms with Gasteiger partial charge in [-0.25, -0.2) is 0 Å². The van der Waals surface area contributed by atoms with Gasteiger partial charge in [-0.1, -0.05) is 52.9 Å². The standard InChI is InChI=1S/C17H34O/c1-4-7-8-16-9-11-17(14-18,12-10-16)13-15(5-2)6-3/h15-16,18H,4-14H2,1-3H3. The maximum Gasteiger partial charge on any atom is 0.0487 e. The van der Waals surface area contributed by atoms with E-state index in [9.17, 15) is 5.11 Å². The first-order valence-corrected chi connectivity index (χ1v) is 8.30. The molecule has 108 valence electrons. The van der Waals surface area contributed by atoms with Crippen molar-refractivity contribution >= 4 is 0 Å². The highest BCUT2D eigenvalue weighted by Crippen LogP contribution is 2.45. The van der Waals surface area contributed by atoms with Crippen LogP contribution in [0.4, 0.5) is 0 Å². The minimum Gasteiger partial charge on any atom is -0.396 e. The molecule has 1 N–H and O–H groups in total. The quantitative estimate of drug-likeness (QED) is 0.633. The van der Waals surface area contributed by atoms with E-state index in [0.717, 1.165) is 11.8 Å². The highest BCUT2D eigenvalue weighted by Gasteiger charge is 2.35. The molecule has 0 aromatic heterocycles. The third-order valence-electron chi connectivity index (χ3n) is 5.34. The van der Waals surface area contributed by atoms with E-state index in [4.69, 9.17) is 0 Å². The number of aliphatic hydroxyl groups excluding tert-OH is 1. The van der Waals surface area contributed by atoms with Gasteiger partial charge in [0.05, 0.1) is 0 Å². The SMILES string of the molecule is CCCCC1CCC(CO)(CC(CC)CC)CC1. The number of unbranched alkanes of at least 4 members (excludes halogenated alkanes) is 1. The maximum absolute atomic E-state index is 9.84. The van der Waals surface area contributed by atoms with E-state index in [1.807, 2.05) is 0 Å². The Hall–Kier alpha value is -0.0400. The lowest BCUT2D eigenvalue weighted by atomic mass is 9.65. The number of rotatable bonds is 8. The molecule has 1 nitrogen and oxygen atoms in total. The van der Waals surface area contributed by atoms with Crippen molar-refractivity contribution in [3.05, 3.63) is 0 Å². The van der Waals surface area contributed by atoms with E-state index in [2.05, 4.69) is 20.8 Å². The molecule has 0 atom stereocenters. The molecule has 0 aromatic carbocycles. The Labute approximate surface area is 114 Å². The van der Waals surface area contributed by atoms with Crippen molar-refractivity contribution in [3.63, 3.8) is 0 Å². The Morgan fingerprint density at radius 1 is 1.11 bits per heavy atom. The van der Waals surface area contributed by atoms with Gasteiger partial charge in [0.2, 0.25) is 0 Å². The van der Waals surface area contributed by atoms with Crippen LogP contribution in [0.3, 0.4) is 0 Å². The number of hydrogen-bond acceptors (Lipinski definition) is 1. The van der Waals surface area contributed by atoms with Crippen LogP contribution >= 0.6 is 0 Å². The van der Waals surface area contributed by atoms with Crippen LogP contribution < -0.4 is 0 Å². The van der Waals surface area contributed by atoms with E-state index in [-0.39, 0.29) is 5.41 Å². The summed E-state index contributed by atoms with van der Waals surface area (Å²) in [6.45, 7) is 7.30. The summed E-state index contributed by atoms with van der Waals surface area (Å²) in [6, 6.07) is 0. The topological polar surface area (TPSA) is 20.2 Å². The van der Waals surface area contributed by atoms with Gasteiger partial charge in [-0.15, -0.1) is 0 Å². The summed E-state index contributed by atoms with van der Waals surface area (Å²) in [4.78, 5) is 0. The number of aliphatic hydroxyl groups is 1. The van der Waals surface area contributed by atoms with E-state index < -0.39 is 0 Å². The van der Waals surface area contributed by atoms with Crippen molar-refractivity contribution in [1.82, 2.24) is 0 Å². The minimum absolute atomic E-state index is 0.277. The van der Waals surface area contributed by atoms with E-state index in [1.54, 1.807) is 0 Å². The summed E-state index contributed by atoms with van der Waals surface area (Å²) in [5.74, 6) is 1.77. The molecule has 0 aromatic rings. The molecular weight excluding hydrogens is 220 g/mol. The van der Waals surface area contributed by atoms with Gasteiger partial charge in [-0.2, -0.15) is 0 Å². The van der Waals surface area contributed by atoms with Crippen LogP contribution in [-0.4, -0.2) is 11.7 Å². The van der Waals surface area contributed by atoms with Gasteiger partial charge in [-0.3, -0.25) is 0 Å². The summed E-state index contributed by atoms with van der Waals surface area (Å²) >= 11 is 0. The molecule has 0 unspecified atom stereocenters. The van der Waals surface area contributed by atoms with Crippen LogP contribution in [0.1, 0.15) is 85.0 Å². The van der Waals surface area contributed by atoms with E-state index in [0.29, 0.717) is 6.61 Å². The van der Waals surface area contributed by atoms with Crippen molar-refractivity contribution in [2.24, 2.45) is 17.3 Å². The highest BCUT2D eigenvalue weighted by atomic mass is 16.3. The van der Waals surface area contributed by atoms with Crippen LogP contribution in [0.25, 0.3) is 0 Å². The number of hydrogen-bond donors (Lipinski definition) is 1. The predicted molar refractivity (Wildman–Crippen MR) is 79.7 cm³/mol. The molecule has 0 saturated heterocycles. The molecule has 1 fully saturated rings. The molecule has 0 heterocycles. The minimum atomic E-state index is 0.277. The van der Waals surface area contributed by atoms with Gasteiger partial charge in [0, 0.05) is 6.61 Å². The van der Waals surface area contributed by atoms with Crippen molar-refractivity contribution in [2.75, 3.05) is 6.61 Å². The summed E-state index contributed by atoms with van der Waals surface area (Å²) in [6.07, 6.45) is 13.2. The van der Waals surface area contributed by atoms with Crippen LogP contribution in [-0.2, 0) is 0 Å². The normalized spacial score (nSPS) is 28.8. The second-order valence-electron chi connectivity index (χ2n) is 6.63. The Morgan fingerprint density at radius 2 is 1.72 bits per heavy atom. The molecule has 0 radical (unpaired) electrons. The second-order valence-corrected chi connectivity index (χ2v) is 6.63. The molecule has 18 heavy (non-hydrogen) atoms. The molecule has 0 spiro atoms. The lowest BCUT2D eigenvalue weighted by Crippen LogP contribution is -2.33. The first-order valence-electron chi connectivity index (χ1n) is 8.30. The van der Waals surface area contributed by atoms with Crippen molar-refractivity contribution in [3.8, 4) is 0 Å². The third kappa shape index (κ3) is 4.57. The Kier molecular flexibility index (Phi) is 7.29. The lowest BCUT2D eigenvalue weighted by Gasteiger charge is -2.41. The Bertz CT molecular complexity index is 200. The molecule has 1 rings (SSSR count). The fraction of sp³-hybridized carbons (Fsp3) is 1.00. The van der Waals surface area contributed by atoms with Gasteiger partial charge in [0.1, 0.15) is 0 Å². The predicted octanol–water partition coefficient (Wildman–Crippen LogP) is 5.17. The summed E-state index contributed by atoms with van der Waals surface area (Å²) < 4.78 is 0. The molecule has 0 bridgehead atoms.